The molecule has 2 aliphatic rings. The number of benzene rings is 1. The van der Waals surface area contributed by atoms with Gasteiger partial charge in [0.25, 0.3) is 0 Å². The van der Waals surface area contributed by atoms with Gasteiger partial charge in [-0.1, -0.05) is 6.92 Å². The summed E-state index contributed by atoms with van der Waals surface area (Å²) in [5.41, 5.74) is 0. The van der Waals surface area contributed by atoms with Gasteiger partial charge < -0.3 is 54.3 Å². The molecular formula is C21H28O17S. The molecule has 2 heterocycles. The number of rotatable bonds is 10. The maximum Gasteiger partial charge on any atom is 0.397 e. The van der Waals surface area contributed by atoms with Crippen molar-refractivity contribution in [1.29, 1.82) is 0 Å². The van der Waals surface area contributed by atoms with Gasteiger partial charge in [0, 0.05) is 6.42 Å². The molecule has 17 nitrogen and oxygen atoms in total. The van der Waals surface area contributed by atoms with E-state index in [0.29, 0.717) is 0 Å². The third-order valence-corrected chi connectivity index (χ3v) is 6.21. The SMILES string of the molecule is CCC(=O)OCC1OC(Oc2ccc(O)cc2)C(O)C(OC2OC(C(=O)O)C(OS(=O)(=O)O)C(O)C2O)C1O. The van der Waals surface area contributed by atoms with E-state index in [1.807, 2.05) is 0 Å². The van der Waals surface area contributed by atoms with Crippen LogP contribution in [0.15, 0.2) is 24.3 Å². The zero-order chi connectivity index (χ0) is 29.1. The number of aliphatic hydroxyl groups excluding tert-OH is 4. The summed E-state index contributed by atoms with van der Waals surface area (Å²) >= 11 is 0. The number of phenols is 1. The van der Waals surface area contributed by atoms with Gasteiger partial charge in [-0.3, -0.25) is 9.35 Å². The molecule has 18 heteroatoms. The van der Waals surface area contributed by atoms with Crippen LogP contribution in [0.1, 0.15) is 13.3 Å². The van der Waals surface area contributed by atoms with Gasteiger partial charge >= 0.3 is 22.3 Å². The van der Waals surface area contributed by atoms with Crippen LogP contribution in [0.3, 0.4) is 0 Å². The van der Waals surface area contributed by atoms with Gasteiger partial charge in [0.15, 0.2) is 12.4 Å². The molecule has 1 aromatic rings. The van der Waals surface area contributed by atoms with E-state index in [9.17, 15) is 48.6 Å². The highest BCUT2D eigenvalue weighted by atomic mass is 32.3. The molecule has 0 aliphatic carbocycles. The van der Waals surface area contributed by atoms with Crippen molar-refractivity contribution in [3.63, 3.8) is 0 Å². The number of carboxylic acids is 1. The van der Waals surface area contributed by atoms with Crippen molar-refractivity contribution in [2.75, 3.05) is 6.61 Å². The number of hydrogen-bond acceptors (Lipinski definition) is 15. The number of carbonyl (C=O) groups excluding carboxylic acids is 1. The molecule has 2 saturated heterocycles. The highest BCUT2D eigenvalue weighted by molar-refractivity contribution is 7.80. The van der Waals surface area contributed by atoms with E-state index in [1.54, 1.807) is 0 Å². The molecule has 10 atom stereocenters. The smallest absolute Gasteiger partial charge is 0.397 e. The molecular weight excluding hydrogens is 556 g/mol. The van der Waals surface area contributed by atoms with Crippen molar-refractivity contribution in [1.82, 2.24) is 0 Å². The Kier molecular flexibility index (Phi) is 10.0. The molecule has 0 radical (unpaired) electrons. The molecule has 0 bridgehead atoms. The standard InChI is InChI=1S/C21H28O17S/c1-2-11(23)33-7-10-12(24)16(15(27)21(35-10)34-9-5-3-8(22)4-6-9)36-20-14(26)13(25)17(38-39(30,31)32)18(37-20)19(28)29/h3-6,10,12-18,20-22,24-27H,2,7H2,1H3,(H,28,29)(H,30,31,32). The Hall–Kier alpha value is -2.65. The van der Waals surface area contributed by atoms with Crippen LogP contribution in [-0.2, 0) is 43.1 Å². The summed E-state index contributed by atoms with van der Waals surface area (Å²) in [6.07, 6.45) is -19.8. The second-order valence-corrected chi connectivity index (χ2v) is 9.55. The lowest BCUT2D eigenvalue weighted by molar-refractivity contribution is -0.347. The van der Waals surface area contributed by atoms with Crippen LogP contribution in [0.5, 0.6) is 11.5 Å². The molecule has 0 aromatic heterocycles. The van der Waals surface area contributed by atoms with E-state index >= 15 is 0 Å². The number of carboxylic acid groups (broad SMARTS) is 1. The molecule has 2 aliphatic heterocycles. The molecule has 2 fully saturated rings. The van der Waals surface area contributed by atoms with Gasteiger partial charge in [-0.25, -0.2) is 8.98 Å². The van der Waals surface area contributed by atoms with Crippen molar-refractivity contribution in [2.45, 2.75) is 74.8 Å². The van der Waals surface area contributed by atoms with E-state index < -0.39 is 90.4 Å². The van der Waals surface area contributed by atoms with Gasteiger partial charge in [0.1, 0.15) is 60.8 Å². The largest absolute Gasteiger partial charge is 0.508 e. The topological polar surface area (TPSA) is 265 Å². The molecule has 39 heavy (non-hydrogen) atoms. The number of aliphatic hydroxyl groups is 4. The van der Waals surface area contributed by atoms with Crippen molar-refractivity contribution in [2.24, 2.45) is 0 Å². The maximum absolute atomic E-state index is 11.6. The lowest BCUT2D eigenvalue weighted by Crippen LogP contribution is -2.66. The fraction of sp³-hybridized carbons (Fsp3) is 0.619. The van der Waals surface area contributed by atoms with Crippen LogP contribution in [0, 0.1) is 0 Å². The number of hydrogen-bond donors (Lipinski definition) is 7. The number of aromatic hydroxyl groups is 1. The zero-order valence-electron chi connectivity index (χ0n) is 20.1. The van der Waals surface area contributed by atoms with Crippen LogP contribution in [0.25, 0.3) is 0 Å². The Labute approximate surface area is 221 Å². The Morgan fingerprint density at radius 3 is 2.13 bits per heavy atom. The summed E-state index contributed by atoms with van der Waals surface area (Å²) < 4.78 is 61.8. The summed E-state index contributed by atoms with van der Waals surface area (Å²) in [5.74, 6) is -2.56. The first kappa shape index (κ1) is 30.9. The van der Waals surface area contributed by atoms with E-state index in [0.717, 1.165) is 0 Å². The summed E-state index contributed by atoms with van der Waals surface area (Å²) in [4.78, 5) is 23.3. The van der Waals surface area contributed by atoms with Gasteiger partial charge in [0.2, 0.25) is 6.29 Å². The average molecular weight is 585 g/mol. The maximum atomic E-state index is 11.6. The predicted octanol–water partition coefficient (Wildman–Crippen LogP) is -2.72. The van der Waals surface area contributed by atoms with E-state index in [4.69, 9.17) is 28.2 Å². The average Bonchev–Trinajstić information content (AvgIpc) is 2.86. The lowest BCUT2D eigenvalue weighted by Gasteiger charge is -2.45. The Morgan fingerprint density at radius 2 is 1.56 bits per heavy atom. The Morgan fingerprint density at radius 1 is 0.923 bits per heavy atom. The molecule has 220 valence electrons. The van der Waals surface area contributed by atoms with Crippen LogP contribution in [0.2, 0.25) is 0 Å². The second-order valence-electron chi connectivity index (χ2n) is 8.51. The first-order valence-electron chi connectivity index (χ1n) is 11.4. The van der Waals surface area contributed by atoms with Gasteiger partial charge in [-0.05, 0) is 24.3 Å². The van der Waals surface area contributed by atoms with Gasteiger partial charge in [0.05, 0.1) is 0 Å². The first-order valence-corrected chi connectivity index (χ1v) is 12.8. The predicted molar refractivity (Wildman–Crippen MR) is 120 cm³/mol. The van der Waals surface area contributed by atoms with Crippen molar-refractivity contribution in [3.8, 4) is 11.5 Å². The van der Waals surface area contributed by atoms with Crippen LogP contribution < -0.4 is 4.74 Å². The normalized spacial score (nSPS) is 35.2. The first-order chi connectivity index (χ1) is 18.2. The van der Waals surface area contributed by atoms with E-state index in [-0.39, 0.29) is 17.9 Å². The second kappa shape index (κ2) is 12.7. The number of ether oxygens (including phenoxy) is 5. The number of esters is 1. The molecule has 1 aromatic carbocycles. The van der Waals surface area contributed by atoms with Gasteiger partial charge in [-0.2, -0.15) is 8.42 Å². The minimum atomic E-state index is -5.30. The quantitative estimate of drug-likeness (QED) is 0.109. The highest BCUT2D eigenvalue weighted by Gasteiger charge is 2.54. The Balaban J connectivity index is 1.85. The summed E-state index contributed by atoms with van der Waals surface area (Å²) in [6, 6.07) is 5.16. The third kappa shape index (κ3) is 7.72. The zero-order valence-corrected chi connectivity index (χ0v) is 20.9. The summed E-state index contributed by atoms with van der Waals surface area (Å²) in [7, 11) is -5.30. The summed E-state index contributed by atoms with van der Waals surface area (Å²) in [6.45, 7) is 0.965. The van der Waals surface area contributed by atoms with Crippen LogP contribution in [-0.4, -0.2) is 124 Å². The van der Waals surface area contributed by atoms with Crippen molar-refractivity contribution >= 4 is 22.3 Å². The van der Waals surface area contributed by atoms with Crippen molar-refractivity contribution < 1.29 is 81.1 Å². The van der Waals surface area contributed by atoms with Crippen LogP contribution in [0.4, 0.5) is 0 Å². The van der Waals surface area contributed by atoms with Crippen molar-refractivity contribution in [3.05, 3.63) is 24.3 Å². The fourth-order valence-electron chi connectivity index (χ4n) is 3.78. The minimum absolute atomic E-state index is 0.0117. The van der Waals surface area contributed by atoms with Gasteiger partial charge in [-0.15, -0.1) is 0 Å². The fourth-order valence-corrected chi connectivity index (χ4v) is 4.28. The molecule has 3 rings (SSSR count). The highest BCUT2D eigenvalue weighted by Crippen LogP contribution is 2.32. The third-order valence-electron chi connectivity index (χ3n) is 5.74. The lowest BCUT2D eigenvalue weighted by atomic mass is 9.96. The molecule has 0 spiro atoms. The number of phenolic OH excluding ortho intramolecular Hbond substituents is 1. The van der Waals surface area contributed by atoms with E-state index in [1.165, 1.54) is 31.2 Å². The Bertz CT molecular complexity index is 1090. The monoisotopic (exact) mass is 584 g/mol. The molecule has 7 N–H and O–H groups in total. The molecule has 0 amide bonds. The van der Waals surface area contributed by atoms with Crippen LogP contribution >= 0.6 is 0 Å². The summed E-state index contributed by atoms with van der Waals surface area (Å²) in [5, 5.41) is 61.3. The number of aliphatic carboxylic acids is 1. The number of carbonyl (C=O) groups is 2. The minimum Gasteiger partial charge on any atom is -0.508 e. The van der Waals surface area contributed by atoms with E-state index in [2.05, 4.69) is 4.18 Å². The molecule has 0 saturated carbocycles. The molecule has 10 unspecified atom stereocenters.